The van der Waals surface area contributed by atoms with Crippen LogP contribution in [0.4, 0.5) is 0 Å². The molecule has 96 valence electrons. The minimum absolute atomic E-state index is 0.193. The van der Waals surface area contributed by atoms with E-state index in [-0.39, 0.29) is 6.10 Å². The van der Waals surface area contributed by atoms with Crippen LogP contribution in [0.15, 0.2) is 24.3 Å². The van der Waals surface area contributed by atoms with Gasteiger partial charge in [0, 0.05) is 0 Å². The smallest absolute Gasteiger partial charge is 0.161 e. The van der Waals surface area contributed by atoms with Crippen molar-refractivity contribution in [2.75, 3.05) is 26.6 Å². The van der Waals surface area contributed by atoms with E-state index in [1.54, 1.807) is 0 Å². The van der Waals surface area contributed by atoms with Gasteiger partial charge in [-0.15, -0.1) is 0 Å². The van der Waals surface area contributed by atoms with E-state index in [1.807, 2.05) is 18.2 Å². The Morgan fingerprint density at radius 2 is 2.06 bits per heavy atom. The average Bonchev–Trinajstić information content (AvgIpc) is 2.92. The molecule has 4 heteroatoms. The highest BCUT2D eigenvalue weighted by atomic mass is 16.7. The van der Waals surface area contributed by atoms with Crippen molar-refractivity contribution in [3.8, 4) is 11.5 Å². The zero-order chi connectivity index (χ0) is 12.2. The summed E-state index contributed by atoms with van der Waals surface area (Å²) in [5.41, 5.74) is 1.11. The molecule has 2 heterocycles. The van der Waals surface area contributed by atoms with Gasteiger partial charge in [0.1, 0.15) is 20.0 Å². The van der Waals surface area contributed by atoms with Crippen molar-refractivity contribution in [1.29, 1.82) is 0 Å². The van der Waals surface area contributed by atoms with Crippen LogP contribution in [0.2, 0.25) is 0 Å². The molecule has 0 amide bonds. The van der Waals surface area contributed by atoms with Crippen molar-refractivity contribution in [2.24, 2.45) is 0 Å². The second kappa shape index (κ2) is 5.42. The van der Waals surface area contributed by atoms with Gasteiger partial charge in [-0.2, -0.15) is 0 Å². The van der Waals surface area contributed by atoms with E-state index in [1.165, 1.54) is 0 Å². The van der Waals surface area contributed by atoms with Crippen LogP contribution < -0.4 is 9.47 Å². The molecule has 3 rings (SSSR count). The molecule has 0 N–H and O–H groups in total. The van der Waals surface area contributed by atoms with Crippen molar-refractivity contribution in [3.63, 3.8) is 0 Å². The SMILES string of the molecule is C(=Cc1ccc2c(c1)OCCO2)CC1COCO1. The summed E-state index contributed by atoms with van der Waals surface area (Å²) in [5.74, 6) is 1.65. The quantitative estimate of drug-likeness (QED) is 0.822. The molecular formula is C14H16O4. The molecule has 0 aliphatic carbocycles. The van der Waals surface area contributed by atoms with Crippen molar-refractivity contribution >= 4 is 6.08 Å². The summed E-state index contributed by atoms with van der Waals surface area (Å²) < 4.78 is 21.5. The van der Waals surface area contributed by atoms with Crippen molar-refractivity contribution in [3.05, 3.63) is 29.8 Å². The van der Waals surface area contributed by atoms with Gasteiger partial charge in [0.15, 0.2) is 11.5 Å². The summed E-state index contributed by atoms with van der Waals surface area (Å²) in [6.07, 6.45) is 5.23. The van der Waals surface area contributed by atoms with Gasteiger partial charge in [-0.1, -0.05) is 18.2 Å². The second-order valence-corrected chi connectivity index (χ2v) is 4.32. The van der Waals surface area contributed by atoms with Gasteiger partial charge in [-0.05, 0) is 24.1 Å². The fourth-order valence-corrected chi connectivity index (χ4v) is 2.03. The van der Waals surface area contributed by atoms with E-state index in [0.29, 0.717) is 26.6 Å². The van der Waals surface area contributed by atoms with Crippen molar-refractivity contribution in [2.45, 2.75) is 12.5 Å². The fraction of sp³-hybridized carbons (Fsp3) is 0.429. The second-order valence-electron chi connectivity index (χ2n) is 4.32. The van der Waals surface area contributed by atoms with Gasteiger partial charge in [0.25, 0.3) is 0 Å². The minimum atomic E-state index is 0.193. The molecule has 2 aliphatic rings. The number of benzene rings is 1. The molecule has 0 radical (unpaired) electrons. The molecule has 1 unspecified atom stereocenters. The predicted molar refractivity (Wildman–Crippen MR) is 66.8 cm³/mol. The largest absolute Gasteiger partial charge is 0.486 e. The zero-order valence-electron chi connectivity index (χ0n) is 10.1. The Balaban J connectivity index is 1.63. The molecule has 0 bridgehead atoms. The van der Waals surface area contributed by atoms with Gasteiger partial charge in [-0.3, -0.25) is 0 Å². The number of rotatable bonds is 3. The predicted octanol–water partition coefficient (Wildman–Crippen LogP) is 2.23. The third-order valence-corrected chi connectivity index (χ3v) is 2.97. The Morgan fingerprint density at radius 1 is 1.17 bits per heavy atom. The maximum atomic E-state index is 5.54. The Labute approximate surface area is 106 Å². The highest BCUT2D eigenvalue weighted by Crippen LogP contribution is 2.31. The molecule has 1 aromatic rings. The topological polar surface area (TPSA) is 36.9 Å². The molecule has 0 saturated carbocycles. The summed E-state index contributed by atoms with van der Waals surface area (Å²) in [7, 11) is 0. The van der Waals surface area contributed by atoms with Crippen LogP contribution in [0, 0.1) is 0 Å². The Kier molecular flexibility index (Phi) is 3.48. The summed E-state index contributed by atoms with van der Waals surface area (Å²) in [6.45, 7) is 2.35. The molecule has 2 aliphatic heterocycles. The van der Waals surface area contributed by atoms with Crippen LogP contribution in [0.3, 0.4) is 0 Å². The molecule has 1 aromatic carbocycles. The standard InChI is InChI=1S/C14H16O4/c1(3-12-9-15-10-18-12)2-11-4-5-13-14(8-11)17-7-6-16-13/h1-2,4-5,8,12H,3,6-7,9-10H2. The third kappa shape index (κ3) is 2.66. The average molecular weight is 248 g/mol. The van der Waals surface area contributed by atoms with Crippen LogP contribution >= 0.6 is 0 Å². The first-order valence-electron chi connectivity index (χ1n) is 6.17. The van der Waals surface area contributed by atoms with Gasteiger partial charge in [-0.25, -0.2) is 0 Å². The van der Waals surface area contributed by atoms with E-state index in [2.05, 4.69) is 12.2 Å². The summed E-state index contributed by atoms with van der Waals surface area (Å²) in [4.78, 5) is 0. The van der Waals surface area contributed by atoms with E-state index in [0.717, 1.165) is 23.5 Å². The fourth-order valence-electron chi connectivity index (χ4n) is 2.03. The van der Waals surface area contributed by atoms with Crippen LogP contribution in [0.25, 0.3) is 6.08 Å². The summed E-state index contributed by atoms with van der Waals surface area (Å²) in [5, 5.41) is 0. The molecule has 18 heavy (non-hydrogen) atoms. The number of fused-ring (bicyclic) bond motifs is 1. The van der Waals surface area contributed by atoms with Crippen LogP contribution in [-0.4, -0.2) is 32.7 Å². The molecule has 1 fully saturated rings. The maximum absolute atomic E-state index is 5.54. The van der Waals surface area contributed by atoms with Crippen LogP contribution in [0.1, 0.15) is 12.0 Å². The Hall–Kier alpha value is -1.52. The monoisotopic (exact) mass is 248 g/mol. The Bertz CT molecular complexity index is 435. The first-order valence-corrected chi connectivity index (χ1v) is 6.17. The maximum Gasteiger partial charge on any atom is 0.161 e. The summed E-state index contributed by atoms with van der Waals surface area (Å²) >= 11 is 0. The Morgan fingerprint density at radius 3 is 2.89 bits per heavy atom. The number of ether oxygens (including phenoxy) is 4. The van der Waals surface area contributed by atoms with E-state index < -0.39 is 0 Å². The van der Waals surface area contributed by atoms with Gasteiger partial charge in [0.2, 0.25) is 0 Å². The lowest BCUT2D eigenvalue weighted by atomic mass is 10.1. The first kappa shape index (κ1) is 11.6. The van der Waals surface area contributed by atoms with Crippen LogP contribution in [-0.2, 0) is 9.47 Å². The van der Waals surface area contributed by atoms with E-state index in [4.69, 9.17) is 18.9 Å². The molecule has 4 nitrogen and oxygen atoms in total. The molecule has 0 aromatic heterocycles. The van der Waals surface area contributed by atoms with E-state index in [9.17, 15) is 0 Å². The number of hydrogen-bond acceptors (Lipinski definition) is 4. The summed E-state index contributed by atoms with van der Waals surface area (Å²) in [6, 6.07) is 5.97. The lowest BCUT2D eigenvalue weighted by molar-refractivity contribution is 0.0477. The number of hydrogen-bond donors (Lipinski definition) is 0. The minimum Gasteiger partial charge on any atom is -0.486 e. The van der Waals surface area contributed by atoms with E-state index >= 15 is 0 Å². The highest BCUT2D eigenvalue weighted by Gasteiger charge is 2.14. The normalized spacial score (nSPS) is 22.6. The first-order chi connectivity index (χ1) is 8.92. The lowest BCUT2D eigenvalue weighted by Gasteiger charge is -2.18. The molecule has 1 atom stereocenters. The van der Waals surface area contributed by atoms with Gasteiger partial charge >= 0.3 is 0 Å². The van der Waals surface area contributed by atoms with Crippen molar-refractivity contribution in [1.82, 2.24) is 0 Å². The van der Waals surface area contributed by atoms with Crippen LogP contribution in [0.5, 0.6) is 11.5 Å². The zero-order valence-corrected chi connectivity index (χ0v) is 10.1. The molecule has 0 spiro atoms. The van der Waals surface area contributed by atoms with Gasteiger partial charge < -0.3 is 18.9 Å². The lowest BCUT2D eigenvalue weighted by Crippen LogP contribution is -2.15. The molecule has 1 saturated heterocycles. The highest BCUT2D eigenvalue weighted by molar-refractivity contribution is 5.56. The van der Waals surface area contributed by atoms with Crippen molar-refractivity contribution < 1.29 is 18.9 Å². The molecular weight excluding hydrogens is 232 g/mol. The van der Waals surface area contributed by atoms with Gasteiger partial charge in [0.05, 0.1) is 12.7 Å². The third-order valence-electron chi connectivity index (χ3n) is 2.97.